The molecule has 5 N–H and O–H groups in total. The van der Waals surface area contributed by atoms with E-state index in [1.54, 1.807) is 69.9 Å². The van der Waals surface area contributed by atoms with E-state index in [4.69, 9.17) is 39.3 Å². The van der Waals surface area contributed by atoms with Gasteiger partial charge >= 0.3 is 23.6 Å². The summed E-state index contributed by atoms with van der Waals surface area (Å²) in [5.74, 6) is 2.25. The summed E-state index contributed by atoms with van der Waals surface area (Å²) >= 11 is 0. The van der Waals surface area contributed by atoms with Crippen molar-refractivity contribution in [3.8, 4) is 23.0 Å². The molecule has 20 heteroatoms. The van der Waals surface area contributed by atoms with Crippen molar-refractivity contribution in [3.05, 3.63) is 119 Å². The number of aliphatic hydroxyl groups excluding tert-OH is 1. The number of anilines is 1. The first-order chi connectivity index (χ1) is 34.0. The van der Waals surface area contributed by atoms with Gasteiger partial charge < -0.3 is 59.7 Å². The molecule has 0 aromatic heterocycles. The van der Waals surface area contributed by atoms with E-state index in [0.29, 0.717) is 56.3 Å². The van der Waals surface area contributed by atoms with Gasteiger partial charge in [0.25, 0.3) is 0 Å². The van der Waals surface area contributed by atoms with Crippen LogP contribution in [-0.2, 0) is 61.3 Å². The van der Waals surface area contributed by atoms with Gasteiger partial charge in [-0.05, 0) is 168 Å². The Morgan fingerprint density at radius 2 is 1.00 bits per heavy atom. The largest absolute Gasteiger partial charge is 0.497 e. The van der Waals surface area contributed by atoms with E-state index >= 15 is 0 Å². The Labute approximate surface area is 422 Å². The summed E-state index contributed by atoms with van der Waals surface area (Å²) in [4.78, 5) is 48.4. The minimum absolute atomic E-state index is 0.0416. The van der Waals surface area contributed by atoms with Crippen LogP contribution in [0.25, 0.3) is 0 Å². The van der Waals surface area contributed by atoms with Crippen LogP contribution in [0, 0.1) is 20.2 Å². The number of nitrogens with zero attached hydrogens (tertiary/aromatic N) is 4. The zero-order chi connectivity index (χ0) is 53.3. The summed E-state index contributed by atoms with van der Waals surface area (Å²) in [5, 5.41) is 35.9. The van der Waals surface area contributed by atoms with Crippen LogP contribution >= 0.6 is 0 Å². The van der Waals surface area contributed by atoms with E-state index in [0.717, 1.165) is 72.5 Å². The van der Waals surface area contributed by atoms with Crippen molar-refractivity contribution in [2.24, 2.45) is 0 Å². The summed E-state index contributed by atoms with van der Waals surface area (Å²) in [6.45, 7) is 18.6. The lowest BCUT2D eigenvalue weighted by Gasteiger charge is -2.31. The van der Waals surface area contributed by atoms with Crippen LogP contribution in [0.15, 0.2) is 54.6 Å². The molecule has 0 fully saturated rings. The third-order valence-electron chi connectivity index (χ3n) is 11.5. The molecule has 0 unspecified atom stereocenters. The highest BCUT2D eigenvalue weighted by molar-refractivity contribution is 5.70. The number of carbonyl (C=O) groups excluding carboxylic acids is 2. The minimum Gasteiger partial charge on any atom is -0.497 e. The molecular weight excluding hydrogens is 931 g/mol. The van der Waals surface area contributed by atoms with Crippen molar-refractivity contribution in [2.75, 3.05) is 67.0 Å². The third-order valence-corrected chi connectivity index (χ3v) is 11.5. The SMILES string of the molecule is CCO.COc1cc2c(cc1N)CN(C(=O)OC(C)(C)C)CC2.COc1cc2c(cc1[N+](=O)[O-])CN(C(=O)OC(C)(C)C)CC2.COc1cc2c(cc1[N+](=O)[O-])CNCC2.COc1ccc2c(c1)CCNC2. The molecule has 4 aromatic rings. The molecule has 4 heterocycles. The quantitative estimate of drug-likeness (QED) is 0.0810. The molecule has 0 aliphatic carbocycles. The van der Waals surface area contributed by atoms with Gasteiger partial charge in [0.2, 0.25) is 0 Å². The van der Waals surface area contributed by atoms with Crippen molar-refractivity contribution in [1.82, 2.24) is 20.4 Å². The smallest absolute Gasteiger partial charge is 0.410 e. The van der Waals surface area contributed by atoms with Crippen LogP contribution < -0.4 is 35.3 Å². The van der Waals surface area contributed by atoms with Crippen LogP contribution in [-0.4, -0.2) is 109 Å². The Morgan fingerprint density at radius 1 is 0.597 bits per heavy atom. The molecule has 0 atom stereocenters. The van der Waals surface area contributed by atoms with Crippen LogP contribution in [0.5, 0.6) is 23.0 Å². The van der Waals surface area contributed by atoms with E-state index in [-0.39, 0.29) is 29.8 Å². The van der Waals surface area contributed by atoms with Crippen LogP contribution in [0.4, 0.5) is 26.7 Å². The summed E-state index contributed by atoms with van der Waals surface area (Å²) in [5.41, 5.74) is 14.3. The Morgan fingerprint density at radius 3 is 1.43 bits per heavy atom. The minimum atomic E-state index is -0.566. The molecule has 0 saturated carbocycles. The topological polar surface area (TPSA) is 253 Å². The molecule has 4 aliphatic heterocycles. The van der Waals surface area contributed by atoms with Crippen molar-refractivity contribution < 1.29 is 53.0 Å². The molecule has 72 heavy (non-hydrogen) atoms. The molecule has 394 valence electrons. The summed E-state index contributed by atoms with van der Waals surface area (Å²) in [6.07, 6.45) is 2.72. The third kappa shape index (κ3) is 16.9. The monoisotopic (exact) mass is 1000 g/mol. The molecule has 20 nitrogen and oxygen atoms in total. The van der Waals surface area contributed by atoms with E-state index in [1.807, 2.05) is 39.0 Å². The fraction of sp³-hybridized carbons (Fsp3) is 0.500. The number of fused-ring (bicyclic) bond motifs is 4. The Kier molecular flexibility index (Phi) is 21.2. The van der Waals surface area contributed by atoms with Crippen molar-refractivity contribution in [3.63, 3.8) is 0 Å². The summed E-state index contributed by atoms with van der Waals surface area (Å²) in [7, 11) is 6.18. The molecule has 0 bridgehead atoms. The first kappa shape index (κ1) is 57.7. The zero-order valence-electron chi connectivity index (χ0n) is 43.6. The average molecular weight is 1000 g/mol. The number of aliphatic hydroxyl groups is 1. The molecule has 8 rings (SSSR count). The van der Waals surface area contributed by atoms with Gasteiger partial charge in [-0.1, -0.05) is 6.07 Å². The highest BCUT2D eigenvalue weighted by atomic mass is 16.6. The molecule has 0 radical (unpaired) electrons. The first-order valence-electron chi connectivity index (χ1n) is 23.8. The second-order valence-electron chi connectivity index (χ2n) is 19.1. The van der Waals surface area contributed by atoms with Crippen LogP contribution in [0.2, 0.25) is 0 Å². The zero-order valence-corrected chi connectivity index (χ0v) is 43.6. The molecule has 0 spiro atoms. The fourth-order valence-corrected chi connectivity index (χ4v) is 8.01. The predicted molar refractivity (Wildman–Crippen MR) is 274 cm³/mol. The highest BCUT2D eigenvalue weighted by Crippen LogP contribution is 2.35. The molecule has 2 amide bonds. The van der Waals surface area contributed by atoms with Crippen molar-refractivity contribution >= 4 is 29.2 Å². The van der Waals surface area contributed by atoms with E-state index < -0.39 is 27.1 Å². The number of hydrogen-bond acceptors (Lipinski definition) is 16. The number of nitro groups is 2. The van der Waals surface area contributed by atoms with Gasteiger partial charge in [-0.2, -0.15) is 0 Å². The lowest BCUT2D eigenvalue weighted by Crippen LogP contribution is -2.39. The normalized spacial score (nSPS) is 14.3. The number of hydrogen-bond donors (Lipinski definition) is 4. The standard InChI is InChI=1S/C15H20N2O5.C15H22N2O3.C10H12N2O3.C10H13NO.C2H6O/c1-15(2,3)22-14(18)16-6-5-10-8-13(21-4)12(17(19)20)7-11(10)9-16;1-15(2,3)20-14(18)17-6-5-10-8-13(19-4)12(16)7-11(10)9-17;1-15-10-5-7-2-3-11-6-8(7)4-9(10)12(13)14;1-12-10-3-2-9-7-11-5-4-8(9)6-10;1-2-3/h7-8H,5-6,9H2,1-4H3;7-8H,5-6,9,16H2,1-4H3;4-5,11H,2-3,6H2,1H3;2-3,6,11H,4-5,7H2,1H3;3H,2H2,1H3. The number of amides is 2. The number of rotatable bonds is 6. The van der Waals surface area contributed by atoms with Crippen LogP contribution in [0.3, 0.4) is 0 Å². The average Bonchev–Trinajstić information content (AvgIpc) is 3.34. The lowest BCUT2D eigenvalue weighted by atomic mass is 9.98. The molecule has 4 aromatic carbocycles. The second kappa shape index (κ2) is 26.5. The molecule has 4 aliphatic rings. The van der Waals surface area contributed by atoms with Gasteiger partial charge in [-0.15, -0.1) is 0 Å². The predicted octanol–water partition coefficient (Wildman–Crippen LogP) is 8.06. The number of nitrogens with one attached hydrogen (secondary N) is 2. The number of carbonyl (C=O) groups is 2. The Balaban J connectivity index is 0.000000209. The number of methoxy groups -OCH3 is 4. The van der Waals surface area contributed by atoms with Crippen LogP contribution in [0.1, 0.15) is 93.0 Å². The number of nitro benzene ring substituents is 2. The maximum absolute atomic E-state index is 12.1. The second-order valence-corrected chi connectivity index (χ2v) is 19.1. The Bertz CT molecular complexity index is 2510. The number of nitrogen functional groups attached to an aromatic ring is 1. The molecular formula is C52H73N7O13. The summed E-state index contributed by atoms with van der Waals surface area (Å²) < 4.78 is 31.2. The van der Waals surface area contributed by atoms with E-state index in [2.05, 4.69) is 22.8 Å². The fourth-order valence-electron chi connectivity index (χ4n) is 8.01. The van der Waals surface area contributed by atoms with Gasteiger partial charge in [0.15, 0.2) is 11.5 Å². The van der Waals surface area contributed by atoms with Crippen molar-refractivity contribution in [2.45, 2.75) is 112 Å². The maximum Gasteiger partial charge on any atom is 0.410 e. The van der Waals surface area contributed by atoms with E-state index in [9.17, 15) is 29.8 Å². The number of nitrogens with two attached hydrogens (primary N) is 1. The first-order valence-corrected chi connectivity index (χ1v) is 23.8. The van der Waals surface area contributed by atoms with Gasteiger partial charge in [-0.3, -0.25) is 20.2 Å². The Hall–Kier alpha value is -6.90. The van der Waals surface area contributed by atoms with Gasteiger partial charge in [0.05, 0.1) is 44.0 Å². The number of ether oxygens (including phenoxy) is 6. The van der Waals surface area contributed by atoms with E-state index in [1.165, 1.54) is 37.0 Å². The lowest BCUT2D eigenvalue weighted by molar-refractivity contribution is -0.386. The summed E-state index contributed by atoms with van der Waals surface area (Å²) in [6, 6.07) is 16.7. The van der Waals surface area contributed by atoms with Gasteiger partial charge in [0, 0.05) is 58.0 Å². The maximum atomic E-state index is 12.1. The highest BCUT2D eigenvalue weighted by Gasteiger charge is 2.30. The molecule has 0 saturated heterocycles. The number of benzene rings is 4. The van der Waals surface area contributed by atoms with Gasteiger partial charge in [-0.25, -0.2) is 9.59 Å². The van der Waals surface area contributed by atoms with Crippen molar-refractivity contribution in [1.29, 1.82) is 0 Å². The van der Waals surface area contributed by atoms with Gasteiger partial charge in [0.1, 0.15) is 22.7 Å².